The van der Waals surface area contributed by atoms with E-state index in [1.54, 1.807) is 38.1 Å². The molecule has 0 fully saturated rings. The van der Waals surface area contributed by atoms with Crippen LogP contribution in [0.1, 0.15) is 69.5 Å². The largest absolute Gasteiger partial charge is 0.489 e. The van der Waals surface area contributed by atoms with Crippen LogP contribution in [0.3, 0.4) is 0 Å². The van der Waals surface area contributed by atoms with Gasteiger partial charge in [-0.25, -0.2) is 10.2 Å². The molecule has 47 heavy (non-hydrogen) atoms. The zero-order valence-electron chi connectivity index (χ0n) is 26.4. The Hall–Kier alpha value is -4.67. The van der Waals surface area contributed by atoms with Crippen molar-refractivity contribution in [2.24, 2.45) is 11.0 Å². The van der Waals surface area contributed by atoms with Crippen molar-refractivity contribution in [3.63, 3.8) is 0 Å². The molecule has 0 bridgehead atoms. The molecule has 1 aliphatic rings. The van der Waals surface area contributed by atoms with Gasteiger partial charge in [-0.15, -0.1) is 11.3 Å². The van der Waals surface area contributed by atoms with Gasteiger partial charge in [0.1, 0.15) is 23.1 Å². The van der Waals surface area contributed by atoms with E-state index in [0.717, 1.165) is 40.8 Å². The predicted molar refractivity (Wildman–Crippen MR) is 184 cm³/mol. The summed E-state index contributed by atoms with van der Waals surface area (Å²) in [6.45, 7) is 6.24. The summed E-state index contributed by atoms with van der Waals surface area (Å²) in [5.41, 5.74) is 6.10. The van der Waals surface area contributed by atoms with Crippen LogP contribution in [0.2, 0.25) is 5.02 Å². The van der Waals surface area contributed by atoms with Crippen molar-refractivity contribution in [3.8, 4) is 11.5 Å². The highest BCUT2D eigenvalue weighted by Gasteiger charge is 2.29. The summed E-state index contributed by atoms with van der Waals surface area (Å²) < 4.78 is 16.9. The third kappa shape index (κ3) is 8.99. The average molecular weight is 674 g/mol. The Balaban J connectivity index is 1.11. The minimum Gasteiger partial charge on any atom is -0.489 e. The van der Waals surface area contributed by atoms with Crippen molar-refractivity contribution in [1.29, 1.82) is 0 Å². The number of hydrogen-bond acceptors (Lipinski definition) is 8. The van der Waals surface area contributed by atoms with E-state index in [1.165, 1.54) is 17.6 Å². The number of ether oxygens (including phenoxy) is 3. The molecule has 2 atom stereocenters. The topological polar surface area (TPSA) is 115 Å². The molecule has 0 spiro atoms. The SMILES string of the molecule is CCOC(=O)c1c(NC(=O)c2ccc(O[C@@H](C)C(=O)N/N=C\c3ccc(OCc4ccc(Cl)cc4)cc3)cc2)sc2c1CC[C@H](C)C2. The molecule has 5 rings (SSSR count). The quantitative estimate of drug-likeness (QED) is 0.0917. The van der Waals surface area contributed by atoms with Gasteiger partial charge in [0, 0.05) is 15.5 Å². The summed E-state index contributed by atoms with van der Waals surface area (Å²) in [4.78, 5) is 39.6. The van der Waals surface area contributed by atoms with Gasteiger partial charge in [0.2, 0.25) is 0 Å². The second-order valence-electron chi connectivity index (χ2n) is 11.2. The first-order valence-corrected chi connectivity index (χ1v) is 16.6. The maximum atomic E-state index is 13.1. The molecule has 0 saturated heterocycles. The molecule has 1 heterocycles. The second-order valence-corrected chi connectivity index (χ2v) is 12.8. The number of carbonyl (C=O) groups is 3. The van der Waals surface area contributed by atoms with Crippen LogP contribution in [0.15, 0.2) is 77.9 Å². The number of rotatable bonds is 12. The molecule has 11 heteroatoms. The Labute approximate surface area is 282 Å². The van der Waals surface area contributed by atoms with Crippen LogP contribution in [0, 0.1) is 5.92 Å². The van der Waals surface area contributed by atoms with E-state index < -0.39 is 18.0 Å². The molecule has 2 N–H and O–H groups in total. The van der Waals surface area contributed by atoms with Crippen LogP contribution >= 0.6 is 22.9 Å². The van der Waals surface area contributed by atoms with Gasteiger partial charge in [-0.1, -0.05) is 30.7 Å². The predicted octanol–water partition coefficient (Wildman–Crippen LogP) is 7.45. The van der Waals surface area contributed by atoms with Gasteiger partial charge in [0.25, 0.3) is 11.8 Å². The highest BCUT2D eigenvalue weighted by atomic mass is 35.5. The van der Waals surface area contributed by atoms with Crippen molar-refractivity contribution in [3.05, 3.63) is 111 Å². The highest BCUT2D eigenvalue weighted by Crippen LogP contribution is 2.40. The average Bonchev–Trinajstić information content (AvgIpc) is 3.42. The Morgan fingerprint density at radius 1 is 1.02 bits per heavy atom. The molecule has 1 aliphatic carbocycles. The molecular weight excluding hydrogens is 638 g/mol. The lowest BCUT2D eigenvalue weighted by Crippen LogP contribution is -2.33. The van der Waals surface area contributed by atoms with Crippen LogP contribution in [-0.2, 0) is 29.0 Å². The Morgan fingerprint density at radius 2 is 1.72 bits per heavy atom. The summed E-state index contributed by atoms with van der Waals surface area (Å²) in [6.07, 6.45) is 3.33. The van der Waals surface area contributed by atoms with Gasteiger partial charge >= 0.3 is 5.97 Å². The maximum absolute atomic E-state index is 13.1. The maximum Gasteiger partial charge on any atom is 0.341 e. The molecule has 3 aromatic carbocycles. The van der Waals surface area contributed by atoms with Gasteiger partial charge in [-0.2, -0.15) is 5.10 Å². The lowest BCUT2D eigenvalue weighted by molar-refractivity contribution is -0.127. The fourth-order valence-corrected chi connectivity index (χ4v) is 6.55. The van der Waals surface area contributed by atoms with E-state index >= 15 is 0 Å². The van der Waals surface area contributed by atoms with Crippen molar-refractivity contribution in [2.45, 2.75) is 52.7 Å². The number of hydrazone groups is 1. The van der Waals surface area contributed by atoms with E-state index in [2.05, 4.69) is 22.8 Å². The fourth-order valence-electron chi connectivity index (χ4n) is 5.03. The Bertz CT molecular complexity index is 1740. The third-order valence-electron chi connectivity index (χ3n) is 7.60. The van der Waals surface area contributed by atoms with E-state index in [1.807, 2.05) is 48.5 Å². The van der Waals surface area contributed by atoms with Gasteiger partial charge < -0.3 is 19.5 Å². The molecule has 1 aromatic heterocycles. The Morgan fingerprint density at radius 3 is 2.43 bits per heavy atom. The van der Waals surface area contributed by atoms with E-state index in [0.29, 0.717) is 45.2 Å². The number of halogens is 1. The monoisotopic (exact) mass is 673 g/mol. The number of benzene rings is 3. The second kappa shape index (κ2) is 15.8. The summed E-state index contributed by atoms with van der Waals surface area (Å²) in [5, 5.41) is 8.14. The summed E-state index contributed by atoms with van der Waals surface area (Å²) >= 11 is 7.36. The van der Waals surface area contributed by atoms with Crippen molar-refractivity contribution >= 4 is 51.9 Å². The fraction of sp³-hybridized carbons (Fsp3) is 0.278. The molecule has 0 saturated carbocycles. The normalized spacial score (nSPS) is 14.6. The van der Waals surface area contributed by atoms with Crippen molar-refractivity contribution in [1.82, 2.24) is 5.43 Å². The first-order valence-electron chi connectivity index (χ1n) is 15.4. The van der Waals surface area contributed by atoms with Crippen LogP contribution in [0.25, 0.3) is 0 Å². The van der Waals surface area contributed by atoms with Crippen molar-refractivity contribution in [2.75, 3.05) is 11.9 Å². The number of esters is 1. The van der Waals surface area contributed by atoms with Crippen molar-refractivity contribution < 1.29 is 28.6 Å². The number of hydrogen-bond donors (Lipinski definition) is 2. The number of nitrogens with zero attached hydrogens (tertiary/aromatic N) is 1. The highest BCUT2D eigenvalue weighted by molar-refractivity contribution is 7.17. The first kappa shape index (κ1) is 33.7. The summed E-state index contributed by atoms with van der Waals surface area (Å²) in [7, 11) is 0. The number of anilines is 1. The van der Waals surface area contributed by atoms with Crippen LogP contribution in [0.4, 0.5) is 5.00 Å². The lowest BCUT2D eigenvalue weighted by atomic mass is 9.88. The zero-order valence-corrected chi connectivity index (χ0v) is 28.0. The molecule has 244 valence electrons. The van der Waals surface area contributed by atoms with Crippen LogP contribution in [-0.4, -0.2) is 36.7 Å². The Kier molecular flexibility index (Phi) is 11.3. The number of carbonyl (C=O) groups excluding carboxylic acids is 3. The van der Waals surface area contributed by atoms with E-state index in [-0.39, 0.29) is 12.5 Å². The number of fused-ring (bicyclic) bond motifs is 1. The molecule has 0 unspecified atom stereocenters. The minimum atomic E-state index is -0.845. The molecule has 2 amide bonds. The lowest BCUT2D eigenvalue weighted by Gasteiger charge is -2.18. The summed E-state index contributed by atoms with van der Waals surface area (Å²) in [6, 6.07) is 21.2. The van der Waals surface area contributed by atoms with Gasteiger partial charge in [0.15, 0.2) is 6.10 Å². The van der Waals surface area contributed by atoms with E-state index in [9.17, 15) is 14.4 Å². The molecule has 0 aliphatic heterocycles. The van der Waals surface area contributed by atoms with Gasteiger partial charge in [-0.3, -0.25) is 9.59 Å². The molecule has 9 nitrogen and oxygen atoms in total. The smallest absolute Gasteiger partial charge is 0.341 e. The standard InChI is InChI=1S/C36H36ClN3O6S/c1-4-44-36(43)32-30-18-5-22(2)19-31(30)47-35(32)39-34(42)26-10-16-29(17-11-26)46-23(3)33(41)40-38-20-24-8-14-28(15-9-24)45-21-25-6-12-27(37)13-7-25/h6-17,20,22-23H,4-5,18-19,21H2,1-3H3,(H,39,42)(H,40,41)/b38-20-/t22-,23-/m0/s1. The number of thiophene rings is 1. The van der Waals surface area contributed by atoms with Gasteiger partial charge in [0.05, 0.1) is 18.4 Å². The van der Waals surface area contributed by atoms with Crippen LogP contribution in [0.5, 0.6) is 11.5 Å². The number of amides is 2. The minimum absolute atomic E-state index is 0.258. The van der Waals surface area contributed by atoms with Gasteiger partial charge in [-0.05, 0) is 116 Å². The zero-order chi connectivity index (χ0) is 33.3. The third-order valence-corrected chi connectivity index (χ3v) is 9.03. The summed E-state index contributed by atoms with van der Waals surface area (Å²) in [5.74, 6) is 0.434. The molecule has 4 aromatic rings. The van der Waals surface area contributed by atoms with Crippen LogP contribution < -0.4 is 20.2 Å². The number of nitrogens with one attached hydrogen (secondary N) is 2. The van der Waals surface area contributed by atoms with E-state index in [4.69, 9.17) is 25.8 Å². The molecular formula is C36H36ClN3O6S. The first-order chi connectivity index (χ1) is 22.7. The molecule has 0 radical (unpaired) electrons.